The Morgan fingerprint density at radius 3 is 1.80 bits per heavy atom. The maximum absolute atomic E-state index is 10.7. The molecule has 0 radical (unpaired) electrons. The minimum absolute atomic E-state index is 0.139. The fourth-order valence-electron chi connectivity index (χ4n) is 0.742. The van der Waals surface area contributed by atoms with Gasteiger partial charge in [-0.3, -0.25) is 4.79 Å². The largest absolute Gasteiger partial charge is 0.504 e. The fourth-order valence-corrected chi connectivity index (χ4v) is 0.742. The highest BCUT2D eigenvalue weighted by Gasteiger charge is 2.02. The van der Waals surface area contributed by atoms with Crippen molar-refractivity contribution in [2.75, 3.05) is 0 Å². The Hall–Kier alpha value is -1.51. The maximum atomic E-state index is 10.7. The number of phenolic OH excluding ortho intramolecular Hbond substituents is 2. The summed E-state index contributed by atoms with van der Waals surface area (Å²) >= 11 is 0. The van der Waals surface area contributed by atoms with Crippen molar-refractivity contribution in [3.63, 3.8) is 0 Å². The molecule has 86 valence electrons. The third-order valence-electron chi connectivity index (χ3n) is 1.38. The molecule has 0 aliphatic heterocycles. The van der Waals surface area contributed by atoms with E-state index < -0.39 is 0 Å². The molecule has 0 saturated carbocycles. The van der Waals surface area contributed by atoms with Crippen molar-refractivity contribution in [2.24, 2.45) is 0 Å². The van der Waals surface area contributed by atoms with Crippen LogP contribution in [0.1, 0.15) is 45.0 Å². The zero-order chi connectivity index (χ0) is 12.4. The van der Waals surface area contributed by atoms with Crippen molar-refractivity contribution < 1.29 is 15.0 Å². The predicted octanol–water partition coefficient (Wildman–Crippen LogP) is 3.35. The molecule has 0 aliphatic rings. The molecule has 0 spiro atoms. The van der Waals surface area contributed by atoms with Crippen molar-refractivity contribution in [2.45, 2.75) is 34.6 Å². The minimum atomic E-state index is -0.266. The number of phenols is 2. The minimum Gasteiger partial charge on any atom is -0.504 e. The summed E-state index contributed by atoms with van der Waals surface area (Å²) in [4.78, 5) is 10.7. The number of rotatable bonds is 1. The Kier molecular flexibility index (Phi) is 9.63. The van der Waals surface area contributed by atoms with E-state index in [4.69, 9.17) is 10.2 Å². The van der Waals surface area contributed by atoms with Crippen molar-refractivity contribution in [3.05, 3.63) is 23.8 Å². The summed E-state index contributed by atoms with van der Waals surface area (Å²) in [5, 5.41) is 17.8. The molecule has 1 aromatic carbocycles. The molecule has 3 heteroatoms. The van der Waals surface area contributed by atoms with Gasteiger partial charge in [0.15, 0.2) is 17.3 Å². The van der Waals surface area contributed by atoms with Crippen molar-refractivity contribution >= 4 is 5.78 Å². The van der Waals surface area contributed by atoms with Crippen molar-refractivity contribution in [1.82, 2.24) is 0 Å². The molecule has 0 bridgehead atoms. The van der Waals surface area contributed by atoms with Crippen LogP contribution in [0.3, 0.4) is 0 Å². The average molecular weight is 212 g/mol. The lowest BCUT2D eigenvalue weighted by atomic mass is 10.1. The molecular formula is C12H20O3. The Bertz CT molecular complexity index is 293. The van der Waals surface area contributed by atoms with Gasteiger partial charge in [-0.25, -0.2) is 0 Å². The number of carbonyl (C=O) groups excluding carboxylic acids is 1. The molecule has 0 aromatic heterocycles. The molecule has 1 aromatic rings. The summed E-state index contributed by atoms with van der Waals surface area (Å²) in [6.07, 6.45) is 0. The van der Waals surface area contributed by atoms with E-state index in [0.29, 0.717) is 5.56 Å². The van der Waals surface area contributed by atoms with Crippen LogP contribution in [0.2, 0.25) is 0 Å². The first-order valence-corrected chi connectivity index (χ1v) is 5.14. The Labute approximate surface area is 91.4 Å². The molecule has 1 rings (SSSR count). The third-order valence-corrected chi connectivity index (χ3v) is 1.38. The number of aromatic hydroxyl groups is 2. The summed E-state index contributed by atoms with van der Waals surface area (Å²) in [6.45, 7) is 9.39. The van der Waals surface area contributed by atoms with E-state index >= 15 is 0 Å². The van der Waals surface area contributed by atoms with Crippen LogP contribution in [0, 0.1) is 0 Å². The number of hydrogen-bond donors (Lipinski definition) is 2. The lowest BCUT2D eigenvalue weighted by molar-refractivity contribution is 0.101. The van der Waals surface area contributed by atoms with Gasteiger partial charge in [0.25, 0.3) is 0 Å². The summed E-state index contributed by atoms with van der Waals surface area (Å²) < 4.78 is 0. The number of benzene rings is 1. The summed E-state index contributed by atoms with van der Waals surface area (Å²) in [6, 6.07) is 3.97. The van der Waals surface area contributed by atoms with Gasteiger partial charge in [-0.15, -0.1) is 0 Å². The van der Waals surface area contributed by atoms with Crippen molar-refractivity contribution in [3.8, 4) is 11.5 Å². The SMILES string of the molecule is CC.CC.CC(=O)c1ccc(O)c(O)c1. The first-order chi connectivity index (χ1) is 7.11. The molecule has 0 amide bonds. The number of ketones is 1. The number of carbonyl (C=O) groups is 1. The molecular weight excluding hydrogens is 192 g/mol. The van der Waals surface area contributed by atoms with Gasteiger partial charge in [-0.2, -0.15) is 0 Å². The first kappa shape index (κ1) is 15.9. The summed E-state index contributed by atoms with van der Waals surface area (Å²) in [5.74, 6) is -0.618. The van der Waals surface area contributed by atoms with Crippen LogP contribution in [-0.2, 0) is 0 Å². The van der Waals surface area contributed by atoms with E-state index in [9.17, 15) is 4.79 Å². The van der Waals surface area contributed by atoms with Gasteiger partial charge in [0.1, 0.15) is 0 Å². The summed E-state index contributed by atoms with van der Waals surface area (Å²) in [5.41, 5.74) is 0.389. The van der Waals surface area contributed by atoms with Gasteiger partial charge >= 0.3 is 0 Å². The number of hydrogen-bond acceptors (Lipinski definition) is 3. The van der Waals surface area contributed by atoms with Gasteiger partial charge in [0, 0.05) is 5.56 Å². The van der Waals surface area contributed by atoms with Gasteiger partial charge in [0.2, 0.25) is 0 Å². The molecule has 3 nitrogen and oxygen atoms in total. The van der Waals surface area contributed by atoms with Gasteiger partial charge in [-0.05, 0) is 25.1 Å². The van der Waals surface area contributed by atoms with E-state index in [1.54, 1.807) is 0 Å². The molecule has 0 saturated heterocycles. The zero-order valence-corrected chi connectivity index (χ0v) is 10.0. The van der Waals surface area contributed by atoms with Crippen LogP contribution in [-0.4, -0.2) is 16.0 Å². The van der Waals surface area contributed by atoms with Gasteiger partial charge < -0.3 is 10.2 Å². The molecule has 0 unspecified atom stereocenters. The smallest absolute Gasteiger partial charge is 0.159 e. The highest BCUT2D eigenvalue weighted by molar-refractivity contribution is 5.94. The third kappa shape index (κ3) is 5.73. The second-order valence-corrected chi connectivity index (χ2v) is 2.26. The monoisotopic (exact) mass is 212 g/mol. The van der Waals surface area contributed by atoms with Crippen LogP contribution >= 0.6 is 0 Å². The predicted molar refractivity (Wildman–Crippen MR) is 62.5 cm³/mol. The maximum Gasteiger partial charge on any atom is 0.159 e. The van der Waals surface area contributed by atoms with Crippen LogP contribution < -0.4 is 0 Å². The van der Waals surface area contributed by atoms with Crippen LogP contribution in [0.4, 0.5) is 0 Å². The topological polar surface area (TPSA) is 57.5 Å². The molecule has 0 atom stereocenters. The Balaban J connectivity index is 0. The molecule has 0 heterocycles. The number of Topliss-reactive ketones (excluding diaryl/α,β-unsaturated/α-hetero) is 1. The lowest BCUT2D eigenvalue weighted by Gasteiger charge is -1.98. The first-order valence-electron chi connectivity index (χ1n) is 5.14. The highest BCUT2D eigenvalue weighted by Crippen LogP contribution is 2.24. The van der Waals surface area contributed by atoms with E-state index in [0.717, 1.165) is 0 Å². The standard InChI is InChI=1S/C8H8O3.2C2H6/c1-5(9)6-2-3-7(10)8(11)4-6;2*1-2/h2-4,10-11H,1H3;2*1-2H3. The molecule has 2 N–H and O–H groups in total. The average Bonchev–Trinajstić information content (AvgIpc) is 2.27. The van der Waals surface area contributed by atoms with Crippen LogP contribution in [0.15, 0.2) is 18.2 Å². The quantitative estimate of drug-likeness (QED) is 0.554. The van der Waals surface area contributed by atoms with Crippen molar-refractivity contribution in [1.29, 1.82) is 0 Å². The Morgan fingerprint density at radius 1 is 1.00 bits per heavy atom. The van der Waals surface area contributed by atoms with Gasteiger partial charge in [-0.1, -0.05) is 27.7 Å². The lowest BCUT2D eigenvalue weighted by Crippen LogP contribution is -1.89. The van der Waals surface area contributed by atoms with E-state index in [1.165, 1.54) is 25.1 Å². The van der Waals surface area contributed by atoms with Gasteiger partial charge in [0.05, 0.1) is 0 Å². The molecule has 0 aliphatic carbocycles. The molecule has 0 fully saturated rings. The molecule has 15 heavy (non-hydrogen) atoms. The van der Waals surface area contributed by atoms with Crippen LogP contribution in [0.25, 0.3) is 0 Å². The summed E-state index contributed by atoms with van der Waals surface area (Å²) in [7, 11) is 0. The second kappa shape index (κ2) is 9.06. The zero-order valence-electron chi connectivity index (χ0n) is 10.0. The normalized spacial score (nSPS) is 7.80. The fraction of sp³-hybridized carbons (Fsp3) is 0.417. The van der Waals surface area contributed by atoms with Crippen LogP contribution in [0.5, 0.6) is 11.5 Å². The van der Waals surface area contributed by atoms with E-state index in [-0.39, 0.29) is 17.3 Å². The van der Waals surface area contributed by atoms with E-state index in [1.807, 2.05) is 27.7 Å². The Morgan fingerprint density at radius 2 is 1.47 bits per heavy atom. The second-order valence-electron chi connectivity index (χ2n) is 2.26. The highest BCUT2D eigenvalue weighted by atomic mass is 16.3. The van der Waals surface area contributed by atoms with E-state index in [2.05, 4.69) is 0 Å².